The molecule has 0 bridgehead atoms. The highest BCUT2D eigenvalue weighted by Crippen LogP contribution is 2.13. The summed E-state index contributed by atoms with van der Waals surface area (Å²) in [6.07, 6.45) is 10.6. The van der Waals surface area contributed by atoms with Crippen LogP contribution in [-0.2, 0) is 0 Å². The van der Waals surface area contributed by atoms with Crippen molar-refractivity contribution in [3.63, 3.8) is 0 Å². The Bertz CT molecular complexity index is 493. The highest BCUT2D eigenvalue weighted by molar-refractivity contribution is 5.94. The number of carbonyl (C=O) groups excluding carboxylic acids is 1. The number of hydrogen-bond donors (Lipinski definition) is 3. The molecule has 0 radical (unpaired) electrons. The molecule has 4 nitrogen and oxygen atoms in total. The zero-order valence-corrected chi connectivity index (χ0v) is 15.9. The lowest BCUT2D eigenvalue weighted by molar-refractivity contribution is 0.0661. The van der Waals surface area contributed by atoms with E-state index in [0.717, 1.165) is 19.3 Å². The van der Waals surface area contributed by atoms with Gasteiger partial charge in [-0.1, -0.05) is 64.7 Å². The summed E-state index contributed by atoms with van der Waals surface area (Å²) in [5.74, 6) is -0.833. The minimum Gasteiger partial charge on any atom is -0.394 e. The van der Waals surface area contributed by atoms with Crippen LogP contribution in [0.1, 0.15) is 81.5 Å². The van der Waals surface area contributed by atoms with Gasteiger partial charge in [-0.15, -0.1) is 0 Å². The summed E-state index contributed by atoms with van der Waals surface area (Å²) in [6.45, 7) is 1.89. The maximum absolute atomic E-state index is 12.9. The van der Waals surface area contributed by atoms with Crippen LogP contribution in [0.2, 0.25) is 0 Å². The van der Waals surface area contributed by atoms with E-state index in [1.165, 1.54) is 62.8 Å². The maximum Gasteiger partial charge on any atom is 0.251 e. The number of benzene rings is 1. The van der Waals surface area contributed by atoms with Gasteiger partial charge in [0.15, 0.2) is 0 Å². The van der Waals surface area contributed by atoms with Crippen LogP contribution < -0.4 is 5.32 Å². The van der Waals surface area contributed by atoms with Crippen molar-refractivity contribution >= 4 is 5.91 Å². The topological polar surface area (TPSA) is 69.6 Å². The van der Waals surface area contributed by atoms with Gasteiger partial charge in [0.05, 0.1) is 18.8 Å². The third-order valence-corrected chi connectivity index (χ3v) is 4.69. The number of halogens is 1. The summed E-state index contributed by atoms with van der Waals surface area (Å²) in [4.78, 5) is 12.1. The van der Waals surface area contributed by atoms with Gasteiger partial charge in [0.1, 0.15) is 5.82 Å². The largest absolute Gasteiger partial charge is 0.394 e. The van der Waals surface area contributed by atoms with Crippen LogP contribution in [0, 0.1) is 5.82 Å². The molecule has 0 fully saturated rings. The molecule has 0 saturated heterocycles. The zero-order valence-electron chi connectivity index (χ0n) is 15.9. The van der Waals surface area contributed by atoms with Crippen molar-refractivity contribution in [1.82, 2.24) is 5.32 Å². The van der Waals surface area contributed by atoms with Gasteiger partial charge in [0.25, 0.3) is 5.91 Å². The van der Waals surface area contributed by atoms with E-state index in [9.17, 15) is 19.4 Å². The number of aliphatic hydroxyl groups is 2. The van der Waals surface area contributed by atoms with Crippen molar-refractivity contribution in [3.8, 4) is 0 Å². The number of aliphatic hydroxyl groups excluding tert-OH is 2. The lowest BCUT2D eigenvalue weighted by atomic mass is 10.0. The quantitative estimate of drug-likeness (QED) is 0.432. The highest BCUT2D eigenvalue weighted by Gasteiger charge is 2.20. The van der Waals surface area contributed by atoms with Crippen molar-refractivity contribution in [1.29, 1.82) is 0 Å². The van der Waals surface area contributed by atoms with Gasteiger partial charge in [-0.3, -0.25) is 4.79 Å². The Labute approximate surface area is 156 Å². The second kappa shape index (κ2) is 13.7. The number of hydrogen-bond acceptors (Lipinski definition) is 3. The summed E-state index contributed by atoms with van der Waals surface area (Å²) in [6, 6.07) is 4.47. The molecule has 1 amide bonds. The molecule has 1 aromatic rings. The Morgan fingerprint density at radius 2 is 1.54 bits per heavy atom. The van der Waals surface area contributed by atoms with E-state index in [1.807, 2.05) is 0 Å². The summed E-state index contributed by atoms with van der Waals surface area (Å²) >= 11 is 0. The van der Waals surface area contributed by atoms with Crippen LogP contribution in [0.5, 0.6) is 0 Å². The molecule has 0 aliphatic carbocycles. The fraction of sp³-hybridized carbons (Fsp3) is 0.667. The van der Waals surface area contributed by atoms with E-state index in [2.05, 4.69) is 12.2 Å². The van der Waals surface area contributed by atoms with Gasteiger partial charge < -0.3 is 15.5 Å². The van der Waals surface area contributed by atoms with Crippen LogP contribution in [0.15, 0.2) is 24.3 Å². The fourth-order valence-electron chi connectivity index (χ4n) is 2.98. The Morgan fingerprint density at radius 3 is 2.08 bits per heavy atom. The second-order valence-electron chi connectivity index (χ2n) is 6.95. The average Bonchev–Trinajstić information content (AvgIpc) is 2.65. The number of carbonyl (C=O) groups is 1. The van der Waals surface area contributed by atoms with E-state index in [1.54, 1.807) is 0 Å². The highest BCUT2D eigenvalue weighted by atomic mass is 19.1. The Hall–Kier alpha value is -1.46. The van der Waals surface area contributed by atoms with Crippen LogP contribution >= 0.6 is 0 Å². The Balaban J connectivity index is 2.21. The van der Waals surface area contributed by atoms with Crippen molar-refractivity contribution in [2.45, 2.75) is 83.3 Å². The SMILES string of the molecule is CCCCCCCCCCCC(O)C(CO)NC(=O)c1ccc(F)cc1. The number of amides is 1. The van der Waals surface area contributed by atoms with Crippen molar-refractivity contribution in [2.24, 2.45) is 0 Å². The number of rotatable bonds is 14. The first-order valence-electron chi connectivity index (χ1n) is 9.93. The monoisotopic (exact) mass is 367 g/mol. The first-order chi connectivity index (χ1) is 12.6. The average molecular weight is 368 g/mol. The molecule has 26 heavy (non-hydrogen) atoms. The van der Waals surface area contributed by atoms with E-state index in [0.29, 0.717) is 12.0 Å². The van der Waals surface area contributed by atoms with Gasteiger partial charge in [-0.05, 0) is 30.7 Å². The molecule has 0 aliphatic heterocycles. The smallest absolute Gasteiger partial charge is 0.251 e. The molecule has 0 saturated carbocycles. The van der Waals surface area contributed by atoms with E-state index in [4.69, 9.17) is 0 Å². The molecule has 0 aromatic heterocycles. The molecule has 3 N–H and O–H groups in total. The summed E-state index contributed by atoms with van der Waals surface area (Å²) in [5.41, 5.74) is 0.306. The lowest BCUT2D eigenvalue weighted by Gasteiger charge is -2.22. The summed E-state index contributed by atoms with van der Waals surface area (Å²) in [5, 5.41) is 22.3. The number of nitrogens with one attached hydrogen (secondary N) is 1. The predicted molar refractivity (Wildman–Crippen MR) is 103 cm³/mol. The molecule has 0 aliphatic rings. The van der Waals surface area contributed by atoms with Crippen LogP contribution in [0.25, 0.3) is 0 Å². The second-order valence-corrected chi connectivity index (χ2v) is 6.95. The van der Waals surface area contributed by atoms with Crippen LogP contribution in [0.3, 0.4) is 0 Å². The summed E-state index contributed by atoms with van der Waals surface area (Å²) in [7, 11) is 0. The molecule has 0 heterocycles. The van der Waals surface area contributed by atoms with Gasteiger partial charge >= 0.3 is 0 Å². The van der Waals surface area contributed by atoms with Gasteiger partial charge in [0, 0.05) is 5.56 Å². The van der Waals surface area contributed by atoms with Crippen LogP contribution in [-0.4, -0.2) is 34.9 Å². The number of unbranched alkanes of at least 4 members (excludes halogenated alkanes) is 8. The normalized spacial score (nSPS) is 13.4. The Morgan fingerprint density at radius 1 is 1.00 bits per heavy atom. The van der Waals surface area contributed by atoms with Crippen molar-refractivity contribution < 1.29 is 19.4 Å². The predicted octanol–water partition coefficient (Wildman–Crippen LogP) is 4.20. The van der Waals surface area contributed by atoms with E-state index < -0.39 is 23.9 Å². The first-order valence-corrected chi connectivity index (χ1v) is 9.93. The first kappa shape index (κ1) is 22.6. The van der Waals surface area contributed by atoms with Gasteiger partial charge in [-0.2, -0.15) is 0 Å². The van der Waals surface area contributed by atoms with Crippen molar-refractivity contribution in [3.05, 3.63) is 35.6 Å². The molecule has 2 atom stereocenters. The minimum atomic E-state index is -0.783. The lowest BCUT2D eigenvalue weighted by Crippen LogP contribution is -2.45. The van der Waals surface area contributed by atoms with E-state index in [-0.39, 0.29) is 6.61 Å². The maximum atomic E-state index is 12.9. The Kier molecular flexibility index (Phi) is 11.9. The molecule has 2 unspecified atom stereocenters. The third-order valence-electron chi connectivity index (χ3n) is 4.69. The molecule has 148 valence electrons. The minimum absolute atomic E-state index is 0.306. The zero-order chi connectivity index (χ0) is 19.2. The van der Waals surface area contributed by atoms with Crippen molar-refractivity contribution in [2.75, 3.05) is 6.61 Å². The third kappa shape index (κ3) is 9.30. The van der Waals surface area contributed by atoms with Crippen LogP contribution in [0.4, 0.5) is 4.39 Å². The van der Waals surface area contributed by atoms with Gasteiger partial charge in [0.2, 0.25) is 0 Å². The van der Waals surface area contributed by atoms with Gasteiger partial charge in [-0.25, -0.2) is 4.39 Å². The molecule has 0 spiro atoms. The fourth-order valence-corrected chi connectivity index (χ4v) is 2.98. The summed E-state index contributed by atoms with van der Waals surface area (Å²) < 4.78 is 12.9. The van der Waals surface area contributed by atoms with E-state index >= 15 is 0 Å². The molecule has 1 aromatic carbocycles. The molecule has 1 rings (SSSR count). The standard InChI is InChI=1S/C21H34FNO3/c1-2-3-4-5-6-7-8-9-10-11-20(25)19(16-24)23-21(26)17-12-14-18(22)15-13-17/h12-15,19-20,24-25H,2-11,16H2,1H3,(H,23,26). The molecule has 5 heteroatoms. The molecular weight excluding hydrogens is 333 g/mol. The molecular formula is C21H34FNO3.